The number of nitrogens with two attached hydrogens (primary N) is 1. The van der Waals surface area contributed by atoms with Crippen LogP contribution in [0.2, 0.25) is 0 Å². The molecule has 0 aliphatic carbocycles. The molecule has 1 aliphatic heterocycles. The summed E-state index contributed by atoms with van der Waals surface area (Å²) in [4.78, 5) is 4.36. The van der Waals surface area contributed by atoms with Crippen molar-refractivity contribution in [1.82, 2.24) is 10.1 Å². The van der Waals surface area contributed by atoms with Crippen LogP contribution in [0.4, 0.5) is 4.39 Å². The third kappa shape index (κ3) is 2.50. The second-order valence-electron chi connectivity index (χ2n) is 5.19. The molecule has 7 heteroatoms. The summed E-state index contributed by atoms with van der Waals surface area (Å²) < 4.78 is 24.1. The molecule has 0 radical (unpaired) electrons. The first-order valence-electron chi connectivity index (χ1n) is 6.75. The van der Waals surface area contributed by atoms with E-state index in [2.05, 4.69) is 10.1 Å². The van der Waals surface area contributed by atoms with Crippen molar-refractivity contribution < 1.29 is 18.8 Å². The highest BCUT2D eigenvalue weighted by Crippen LogP contribution is 2.34. The molecule has 21 heavy (non-hydrogen) atoms. The van der Waals surface area contributed by atoms with Crippen LogP contribution in [-0.4, -0.2) is 35.0 Å². The summed E-state index contributed by atoms with van der Waals surface area (Å²) in [6.07, 6.45) is 1.43. The molecule has 1 aromatic heterocycles. The average Bonchev–Trinajstić information content (AvgIpc) is 3.01. The molecule has 2 aromatic rings. The van der Waals surface area contributed by atoms with Crippen molar-refractivity contribution in [3.63, 3.8) is 0 Å². The van der Waals surface area contributed by atoms with Crippen LogP contribution in [0.5, 0.6) is 5.75 Å². The van der Waals surface area contributed by atoms with E-state index in [-0.39, 0.29) is 11.2 Å². The van der Waals surface area contributed by atoms with Crippen molar-refractivity contribution in [3.05, 3.63) is 29.9 Å². The molecule has 3 rings (SSSR count). The molecule has 3 N–H and O–H groups in total. The number of aromatic nitrogens is 2. The van der Waals surface area contributed by atoms with Gasteiger partial charge in [0.25, 0.3) is 0 Å². The fraction of sp³-hybridized carbons (Fsp3) is 0.429. The van der Waals surface area contributed by atoms with Gasteiger partial charge in [0.05, 0.1) is 5.41 Å². The number of hydrogen-bond acceptors (Lipinski definition) is 6. The van der Waals surface area contributed by atoms with E-state index in [1.165, 1.54) is 18.2 Å². The first-order chi connectivity index (χ1) is 10.1. The van der Waals surface area contributed by atoms with Gasteiger partial charge in [0, 0.05) is 25.3 Å². The third-order valence-electron chi connectivity index (χ3n) is 3.93. The minimum atomic E-state index is -0.724. The van der Waals surface area contributed by atoms with Crippen LogP contribution in [-0.2, 0) is 10.2 Å². The van der Waals surface area contributed by atoms with E-state index in [1.54, 1.807) is 0 Å². The van der Waals surface area contributed by atoms with Gasteiger partial charge >= 0.3 is 0 Å². The summed E-state index contributed by atoms with van der Waals surface area (Å²) in [5.41, 5.74) is 5.95. The lowest BCUT2D eigenvalue weighted by Crippen LogP contribution is -2.40. The van der Waals surface area contributed by atoms with Gasteiger partial charge in [-0.15, -0.1) is 0 Å². The maximum atomic E-state index is 13.4. The fourth-order valence-corrected chi connectivity index (χ4v) is 2.47. The number of phenols is 1. The van der Waals surface area contributed by atoms with Crippen molar-refractivity contribution in [2.24, 2.45) is 5.73 Å². The number of nitrogens with zero attached hydrogens (tertiary/aromatic N) is 2. The molecule has 0 spiro atoms. The first kappa shape index (κ1) is 14.0. The van der Waals surface area contributed by atoms with Crippen LogP contribution in [0.15, 0.2) is 22.7 Å². The van der Waals surface area contributed by atoms with Gasteiger partial charge in [-0.2, -0.15) is 4.98 Å². The Morgan fingerprint density at radius 2 is 2.10 bits per heavy atom. The number of phenolic OH excluding ortho intramolecular Hbond substituents is 1. The van der Waals surface area contributed by atoms with Crippen molar-refractivity contribution in [2.75, 3.05) is 19.8 Å². The fourth-order valence-electron chi connectivity index (χ4n) is 2.47. The van der Waals surface area contributed by atoms with Gasteiger partial charge in [-0.1, -0.05) is 5.16 Å². The number of rotatable bonds is 3. The lowest BCUT2D eigenvalue weighted by Gasteiger charge is -2.32. The van der Waals surface area contributed by atoms with Crippen LogP contribution in [0.25, 0.3) is 11.4 Å². The number of aromatic hydroxyl groups is 1. The number of hydrogen-bond donors (Lipinski definition) is 2. The molecule has 0 unspecified atom stereocenters. The zero-order valence-corrected chi connectivity index (χ0v) is 11.4. The summed E-state index contributed by atoms with van der Waals surface area (Å²) in [7, 11) is 0. The third-order valence-corrected chi connectivity index (χ3v) is 3.93. The second kappa shape index (κ2) is 5.42. The van der Waals surface area contributed by atoms with E-state index >= 15 is 0 Å². The predicted octanol–water partition coefficient (Wildman–Crippen LogP) is 1.59. The lowest BCUT2D eigenvalue weighted by molar-refractivity contribution is 0.0409. The summed E-state index contributed by atoms with van der Waals surface area (Å²) in [5.74, 6) is -0.399. The largest absolute Gasteiger partial charge is 0.505 e. The number of ether oxygens (including phenoxy) is 1. The Morgan fingerprint density at radius 1 is 1.33 bits per heavy atom. The van der Waals surface area contributed by atoms with E-state index in [4.69, 9.17) is 15.0 Å². The Bertz CT molecular complexity index is 638. The molecule has 112 valence electrons. The van der Waals surface area contributed by atoms with Crippen molar-refractivity contribution in [1.29, 1.82) is 0 Å². The molecule has 2 heterocycles. The molecule has 0 atom stereocenters. The molecule has 0 saturated carbocycles. The Balaban J connectivity index is 1.93. The second-order valence-corrected chi connectivity index (χ2v) is 5.19. The first-order valence-corrected chi connectivity index (χ1v) is 6.75. The average molecular weight is 293 g/mol. The molecule has 1 fully saturated rings. The molecular formula is C14H16FN3O3. The van der Waals surface area contributed by atoms with Crippen molar-refractivity contribution in [2.45, 2.75) is 18.3 Å². The van der Waals surface area contributed by atoms with E-state index in [0.29, 0.717) is 31.2 Å². The van der Waals surface area contributed by atoms with Crippen LogP contribution >= 0.6 is 0 Å². The smallest absolute Gasteiger partial charge is 0.234 e. The maximum absolute atomic E-state index is 13.4. The normalized spacial score (nSPS) is 17.8. The molecule has 1 aliphatic rings. The SMILES string of the molecule is NCC1(c2nc(-c3ccc(O)c(F)c3)no2)CCOCC1. The van der Waals surface area contributed by atoms with Gasteiger partial charge in [-0.3, -0.25) is 0 Å². The standard InChI is InChI=1S/C14H16FN3O3/c15-10-7-9(1-2-11(10)19)12-17-13(21-18-12)14(8-16)3-5-20-6-4-14/h1-2,7,19H,3-6,8,16H2. The zero-order valence-electron chi connectivity index (χ0n) is 11.4. The number of halogens is 1. The van der Waals surface area contributed by atoms with E-state index in [9.17, 15) is 9.50 Å². The molecule has 0 amide bonds. The summed E-state index contributed by atoms with van der Waals surface area (Å²) in [6, 6.07) is 3.96. The minimum absolute atomic E-state index is 0.281. The lowest BCUT2D eigenvalue weighted by atomic mass is 9.80. The molecule has 0 bridgehead atoms. The van der Waals surface area contributed by atoms with Crippen molar-refractivity contribution in [3.8, 4) is 17.1 Å². The topological polar surface area (TPSA) is 94.4 Å². The molecule has 6 nitrogen and oxygen atoms in total. The quantitative estimate of drug-likeness (QED) is 0.892. The highest BCUT2D eigenvalue weighted by molar-refractivity contribution is 5.56. The molecular weight excluding hydrogens is 277 g/mol. The van der Waals surface area contributed by atoms with Gasteiger partial charge in [-0.25, -0.2) is 4.39 Å². The van der Waals surface area contributed by atoms with Crippen molar-refractivity contribution >= 4 is 0 Å². The molecule has 1 saturated heterocycles. The summed E-state index contributed by atoms with van der Waals surface area (Å²) >= 11 is 0. The number of benzene rings is 1. The van der Waals surface area contributed by atoms with Crippen LogP contribution < -0.4 is 5.73 Å². The van der Waals surface area contributed by atoms with Gasteiger partial charge in [0.15, 0.2) is 11.6 Å². The van der Waals surface area contributed by atoms with Gasteiger partial charge < -0.3 is 20.1 Å². The van der Waals surface area contributed by atoms with Crippen LogP contribution in [0.3, 0.4) is 0 Å². The van der Waals surface area contributed by atoms with Gasteiger partial charge in [0.2, 0.25) is 11.7 Å². The van der Waals surface area contributed by atoms with E-state index in [1.807, 2.05) is 0 Å². The maximum Gasteiger partial charge on any atom is 0.234 e. The molecule has 1 aromatic carbocycles. The zero-order chi connectivity index (χ0) is 14.9. The van der Waals surface area contributed by atoms with E-state index < -0.39 is 11.6 Å². The van der Waals surface area contributed by atoms with Gasteiger partial charge in [-0.05, 0) is 31.0 Å². The summed E-state index contributed by atoms with van der Waals surface area (Å²) in [6.45, 7) is 1.59. The Morgan fingerprint density at radius 3 is 2.76 bits per heavy atom. The Labute approximate surface area is 120 Å². The predicted molar refractivity (Wildman–Crippen MR) is 72.1 cm³/mol. The van der Waals surface area contributed by atoms with E-state index in [0.717, 1.165) is 12.8 Å². The highest BCUT2D eigenvalue weighted by Gasteiger charge is 2.38. The monoisotopic (exact) mass is 293 g/mol. The van der Waals surface area contributed by atoms with Gasteiger partial charge in [0.1, 0.15) is 0 Å². The van der Waals surface area contributed by atoms with Crippen LogP contribution in [0, 0.1) is 5.82 Å². The Kier molecular flexibility index (Phi) is 3.60. The Hall–Kier alpha value is -1.99. The summed E-state index contributed by atoms with van der Waals surface area (Å²) in [5, 5.41) is 13.1. The minimum Gasteiger partial charge on any atom is -0.505 e. The highest BCUT2D eigenvalue weighted by atomic mass is 19.1. The van der Waals surface area contributed by atoms with Crippen LogP contribution in [0.1, 0.15) is 18.7 Å².